The Bertz CT molecular complexity index is 361. The van der Waals surface area contributed by atoms with Crippen molar-refractivity contribution in [2.75, 3.05) is 17.6 Å². The summed E-state index contributed by atoms with van der Waals surface area (Å²) in [6.45, 7) is 2.41. The van der Waals surface area contributed by atoms with E-state index < -0.39 is 12.6 Å². The molecule has 0 fully saturated rings. The van der Waals surface area contributed by atoms with E-state index >= 15 is 0 Å². The maximum atomic E-state index is 11.9. The third-order valence-corrected chi connectivity index (χ3v) is 2.58. The molecule has 0 aliphatic rings. The quantitative estimate of drug-likeness (QED) is 0.613. The average molecular weight is 246 g/mol. The molecule has 0 bridgehead atoms. The largest absolute Gasteiger partial charge is 0.398 e. The van der Waals surface area contributed by atoms with Crippen LogP contribution >= 0.6 is 0 Å². The van der Waals surface area contributed by atoms with Gasteiger partial charge < -0.3 is 11.1 Å². The van der Waals surface area contributed by atoms with E-state index in [1.807, 2.05) is 19.1 Å². The molecule has 1 aromatic rings. The van der Waals surface area contributed by atoms with Crippen LogP contribution in [0, 0.1) is 6.92 Å². The van der Waals surface area contributed by atoms with Gasteiger partial charge in [-0.25, -0.2) is 0 Å². The second-order valence-electron chi connectivity index (χ2n) is 4.02. The van der Waals surface area contributed by atoms with Gasteiger partial charge in [0.05, 0.1) is 0 Å². The molecule has 0 heterocycles. The summed E-state index contributed by atoms with van der Waals surface area (Å²) in [5, 5.41) is 3.09. The number of nitrogens with one attached hydrogen (secondary N) is 1. The zero-order chi connectivity index (χ0) is 12.9. The van der Waals surface area contributed by atoms with E-state index in [4.69, 9.17) is 5.73 Å². The molecule has 96 valence electrons. The fraction of sp³-hybridized carbons (Fsp3) is 0.500. The fourth-order valence-corrected chi connectivity index (χ4v) is 1.52. The summed E-state index contributed by atoms with van der Waals surface area (Å²) in [4.78, 5) is 0. The van der Waals surface area contributed by atoms with Gasteiger partial charge in [0.15, 0.2) is 0 Å². The predicted molar refractivity (Wildman–Crippen MR) is 64.0 cm³/mol. The van der Waals surface area contributed by atoms with Crippen molar-refractivity contribution >= 4 is 11.4 Å². The number of rotatable bonds is 5. The molecule has 0 amide bonds. The Morgan fingerprint density at radius 2 is 1.94 bits per heavy atom. The third-order valence-electron chi connectivity index (χ3n) is 2.58. The first kappa shape index (κ1) is 13.7. The van der Waals surface area contributed by atoms with E-state index in [-0.39, 0.29) is 6.42 Å². The summed E-state index contributed by atoms with van der Waals surface area (Å²) in [7, 11) is 0. The molecule has 17 heavy (non-hydrogen) atoms. The molecular formula is C12H17F3N2. The van der Waals surface area contributed by atoms with Crippen LogP contribution in [-0.4, -0.2) is 12.7 Å². The lowest BCUT2D eigenvalue weighted by molar-refractivity contribution is -0.135. The van der Waals surface area contributed by atoms with Crippen molar-refractivity contribution in [2.45, 2.75) is 32.4 Å². The highest BCUT2D eigenvalue weighted by molar-refractivity contribution is 5.62. The highest BCUT2D eigenvalue weighted by atomic mass is 19.4. The third kappa shape index (κ3) is 4.97. The Morgan fingerprint density at radius 1 is 1.24 bits per heavy atom. The van der Waals surface area contributed by atoms with E-state index in [1.54, 1.807) is 6.07 Å². The van der Waals surface area contributed by atoms with Gasteiger partial charge in [0, 0.05) is 24.3 Å². The van der Waals surface area contributed by atoms with E-state index in [1.165, 1.54) is 0 Å². The summed E-state index contributed by atoms with van der Waals surface area (Å²) >= 11 is 0. The Labute approximate surface area is 99.0 Å². The number of nitrogens with two attached hydrogens (primary N) is 1. The van der Waals surface area contributed by atoms with Gasteiger partial charge in [-0.3, -0.25) is 0 Å². The summed E-state index contributed by atoms with van der Waals surface area (Å²) in [6, 6.07) is 5.49. The van der Waals surface area contributed by atoms with Crippen LogP contribution in [0.25, 0.3) is 0 Å². The van der Waals surface area contributed by atoms with Crippen LogP contribution in [0.5, 0.6) is 0 Å². The van der Waals surface area contributed by atoms with E-state index in [0.717, 1.165) is 11.3 Å². The van der Waals surface area contributed by atoms with Crippen molar-refractivity contribution in [1.29, 1.82) is 0 Å². The molecule has 0 saturated carbocycles. The summed E-state index contributed by atoms with van der Waals surface area (Å²) in [6.07, 6.45) is -4.12. The molecule has 0 atom stereocenters. The minimum absolute atomic E-state index is 0.151. The lowest BCUT2D eigenvalue weighted by Gasteiger charge is -2.11. The van der Waals surface area contributed by atoms with Crippen LogP contribution < -0.4 is 11.1 Å². The van der Waals surface area contributed by atoms with Gasteiger partial charge in [-0.05, 0) is 37.5 Å². The lowest BCUT2D eigenvalue weighted by atomic mass is 10.1. The van der Waals surface area contributed by atoms with Gasteiger partial charge >= 0.3 is 6.18 Å². The van der Waals surface area contributed by atoms with Crippen LogP contribution in [0.2, 0.25) is 0 Å². The molecule has 0 radical (unpaired) electrons. The summed E-state index contributed by atoms with van der Waals surface area (Å²) in [5.41, 5.74) is 8.22. The standard InChI is InChI=1S/C12H17F3N2/c1-9-10(16)5-4-6-11(9)17-8-3-2-7-12(13,14)15/h4-6,17H,2-3,7-8,16H2,1H3. The number of nitrogen functional groups attached to an aromatic ring is 1. The minimum atomic E-state index is -4.05. The van der Waals surface area contributed by atoms with Crippen molar-refractivity contribution in [3.63, 3.8) is 0 Å². The highest BCUT2D eigenvalue weighted by Crippen LogP contribution is 2.23. The monoisotopic (exact) mass is 246 g/mol. The molecule has 5 heteroatoms. The van der Waals surface area contributed by atoms with Crippen LogP contribution in [-0.2, 0) is 0 Å². The highest BCUT2D eigenvalue weighted by Gasteiger charge is 2.25. The fourth-order valence-electron chi connectivity index (χ4n) is 1.52. The van der Waals surface area contributed by atoms with E-state index in [2.05, 4.69) is 5.32 Å². The number of hydrogen-bond donors (Lipinski definition) is 2. The molecule has 0 spiro atoms. The molecule has 1 rings (SSSR count). The molecule has 1 aromatic carbocycles. The topological polar surface area (TPSA) is 38.0 Å². The molecule has 2 nitrogen and oxygen atoms in total. The first-order valence-corrected chi connectivity index (χ1v) is 5.56. The van der Waals surface area contributed by atoms with Gasteiger partial charge in [-0.1, -0.05) is 6.07 Å². The molecular weight excluding hydrogens is 229 g/mol. The second-order valence-corrected chi connectivity index (χ2v) is 4.02. The van der Waals surface area contributed by atoms with E-state index in [9.17, 15) is 13.2 Å². The van der Waals surface area contributed by atoms with Crippen molar-refractivity contribution in [3.05, 3.63) is 23.8 Å². The van der Waals surface area contributed by atoms with Gasteiger partial charge in [-0.2, -0.15) is 13.2 Å². The lowest BCUT2D eigenvalue weighted by Crippen LogP contribution is -2.09. The number of hydrogen-bond acceptors (Lipinski definition) is 2. The molecule has 0 aliphatic heterocycles. The van der Waals surface area contributed by atoms with Crippen molar-refractivity contribution in [2.24, 2.45) is 0 Å². The minimum Gasteiger partial charge on any atom is -0.398 e. The number of benzene rings is 1. The van der Waals surface area contributed by atoms with Crippen molar-refractivity contribution < 1.29 is 13.2 Å². The van der Waals surface area contributed by atoms with Crippen molar-refractivity contribution in [1.82, 2.24) is 0 Å². The van der Waals surface area contributed by atoms with Gasteiger partial charge in [0.2, 0.25) is 0 Å². The SMILES string of the molecule is Cc1c(N)cccc1NCCCCC(F)(F)F. The normalized spacial score (nSPS) is 11.5. The Morgan fingerprint density at radius 3 is 2.59 bits per heavy atom. The summed E-state index contributed by atoms with van der Waals surface area (Å²) in [5.74, 6) is 0. The number of unbranched alkanes of at least 4 members (excludes halogenated alkanes) is 1. The number of halogens is 3. The van der Waals surface area contributed by atoms with E-state index in [0.29, 0.717) is 18.7 Å². The summed E-state index contributed by atoms with van der Waals surface area (Å²) < 4.78 is 35.7. The molecule has 0 aliphatic carbocycles. The molecule has 0 aromatic heterocycles. The molecule has 3 N–H and O–H groups in total. The molecule has 0 unspecified atom stereocenters. The van der Waals surface area contributed by atoms with Crippen molar-refractivity contribution in [3.8, 4) is 0 Å². The van der Waals surface area contributed by atoms with Gasteiger partial charge in [0.1, 0.15) is 0 Å². The maximum absolute atomic E-state index is 11.9. The van der Waals surface area contributed by atoms with Crippen LogP contribution in [0.15, 0.2) is 18.2 Å². The number of anilines is 2. The Hall–Kier alpha value is -1.39. The second kappa shape index (κ2) is 5.80. The Kier molecular flexibility index (Phi) is 4.66. The van der Waals surface area contributed by atoms with Gasteiger partial charge in [0.25, 0.3) is 0 Å². The first-order valence-electron chi connectivity index (χ1n) is 5.56. The smallest absolute Gasteiger partial charge is 0.389 e. The average Bonchev–Trinajstić information content (AvgIpc) is 2.22. The molecule has 0 saturated heterocycles. The maximum Gasteiger partial charge on any atom is 0.389 e. The van der Waals surface area contributed by atoms with Crippen LogP contribution in [0.4, 0.5) is 24.5 Å². The Balaban J connectivity index is 2.29. The zero-order valence-electron chi connectivity index (χ0n) is 9.77. The predicted octanol–water partition coefficient (Wildman–Crippen LogP) is 3.72. The van der Waals surface area contributed by atoms with Crippen LogP contribution in [0.3, 0.4) is 0 Å². The number of alkyl halides is 3. The van der Waals surface area contributed by atoms with Crippen LogP contribution in [0.1, 0.15) is 24.8 Å². The first-order chi connectivity index (χ1) is 7.90. The zero-order valence-corrected chi connectivity index (χ0v) is 9.77. The van der Waals surface area contributed by atoms with Gasteiger partial charge in [-0.15, -0.1) is 0 Å².